The van der Waals surface area contributed by atoms with Crippen LogP contribution in [0.4, 0.5) is 19.0 Å². The van der Waals surface area contributed by atoms with Gasteiger partial charge in [0.2, 0.25) is 0 Å². The van der Waals surface area contributed by atoms with Crippen molar-refractivity contribution >= 4 is 21.7 Å². The molecule has 0 aromatic carbocycles. The number of hydrogen-bond acceptors (Lipinski definition) is 2. The monoisotopic (exact) mass is 322 g/mol. The molecule has 1 aliphatic carbocycles. The Hall–Kier alpha value is -0.780. The molecule has 1 fully saturated rings. The minimum Gasteiger partial charge on any atom is -0.369 e. The zero-order valence-corrected chi connectivity index (χ0v) is 11.7. The summed E-state index contributed by atoms with van der Waals surface area (Å²) in [6, 6.07) is 1.05. The van der Waals surface area contributed by atoms with Gasteiger partial charge < -0.3 is 5.32 Å². The number of pyridine rings is 1. The molecular weight excluding hydrogens is 309 g/mol. The van der Waals surface area contributed by atoms with E-state index in [1.54, 1.807) is 0 Å². The number of alkyl halides is 3. The van der Waals surface area contributed by atoms with Gasteiger partial charge in [-0.2, -0.15) is 13.2 Å². The Kier molecular flexibility index (Phi) is 3.34. The molecule has 1 N–H and O–H groups in total. The van der Waals surface area contributed by atoms with Gasteiger partial charge in [-0.25, -0.2) is 4.98 Å². The maximum Gasteiger partial charge on any atom is 0.419 e. The summed E-state index contributed by atoms with van der Waals surface area (Å²) < 4.78 is 38.8. The van der Waals surface area contributed by atoms with Gasteiger partial charge in [0.1, 0.15) is 5.82 Å². The van der Waals surface area contributed by atoms with Crippen molar-refractivity contribution in [3.05, 3.63) is 22.3 Å². The van der Waals surface area contributed by atoms with Crippen LogP contribution in [0.1, 0.15) is 25.8 Å². The van der Waals surface area contributed by atoms with Gasteiger partial charge in [-0.05, 0) is 39.8 Å². The van der Waals surface area contributed by atoms with Crippen LogP contribution in [0.15, 0.2) is 16.7 Å². The molecule has 1 heterocycles. The molecule has 100 valence electrons. The number of rotatable bonds is 3. The Labute approximate surface area is 112 Å². The van der Waals surface area contributed by atoms with Gasteiger partial charge in [0.05, 0.1) is 5.56 Å². The average Bonchev–Trinajstić information content (AvgIpc) is 2.83. The highest BCUT2D eigenvalue weighted by molar-refractivity contribution is 9.10. The minimum absolute atomic E-state index is 0.0894. The van der Waals surface area contributed by atoms with Crippen molar-refractivity contribution in [3.63, 3.8) is 0 Å². The lowest BCUT2D eigenvalue weighted by Gasteiger charge is -2.14. The van der Waals surface area contributed by atoms with Crippen LogP contribution in [0.2, 0.25) is 0 Å². The summed E-state index contributed by atoms with van der Waals surface area (Å²) in [7, 11) is 0. The molecule has 0 saturated heterocycles. The molecule has 6 heteroatoms. The Morgan fingerprint density at radius 1 is 1.50 bits per heavy atom. The van der Waals surface area contributed by atoms with Crippen LogP contribution in [0, 0.1) is 11.3 Å². The summed E-state index contributed by atoms with van der Waals surface area (Å²) in [5.41, 5.74) is -0.490. The Morgan fingerprint density at radius 2 is 2.11 bits per heavy atom. The van der Waals surface area contributed by atoms with Crippen LogP contribution in [0.5, 0.6) is 0 Å². The zero-order chi connectivity index (χ0) is 13.6. The molecule has 0 amide bonds. The van der Waals surface area contributed by atoms with Crippen molar-refractivity contribution in [1.82, 2.24) is 4.98 Å². The quantitative estimate of drug-likeness (QED) is 0.896. The second-order valence-electron chi connectivity index (χ2n) is 5.32. The lowest BCUT2D eigenvalue weighted by molar-refractivity contribution is -0.137. The normalized spacial score (nSPS) is 21.8. The lowest BCUT2D eigenvalue weighted by Crippen LogP contribution is -2.15. The highest BCUT2D eigenvalue weighted by atomic mass is 79.9. The predicted molar refractivity (Wildman–Crippen MR) is 67.3 cm³/mol. The number of nitrogens with zero attached hydrogens (tertiary/aromatic N) is 1. The van der Waals surface area contributed by atoms with Crippen molar-refractivity contribution in [1.29, 1.82) is 0 Å². The summed E-state index contributed by atoms with van der Waals surface area (Å²) in [5.74, 6) is 0.331. The summed E-state index contributed by atoms with van der Waals surface area (Å²) in [6.07, 6.45) is -1.98. The molecule has 0 spiro atoms. The maximum atomic E-state index is 12.8. The Bertz CT molecular complexity index is 457. The molecule has 1 unspecified atom stereocenters. The van der Waals surface area contributed by atoms with Crippen molar-refractivity contribution in [3.8, 4) is 0 Å². The standard InChI is InChI=1S/C12H14BrF3N2/c1-11(2)4-7(11)5-17-10-9(12(14,15)16)3-8(13)6-18-10/h3,6-7H,4-5H2,1-2H3,(H,17,18). The molecule has 0 bridgehead atoms. The van der Waals surface area contributed by atoms with E-state index in [0.717, 1.165) is 12.5 Å². The first-order valence-electron chi connectivity index (χ1n) is 5.67. The highest BCUT2D eigenvalue weighted by Gasteiger charge is 2.45. The molecule has 0 aliphatic heterocycles. The molecule has 1 saturated carbocycles. The molecular formula is C12H14BrF3N2. The fraction of sp³-hybridized carbons (Fsp3) is 0.583. The van der Waals surface area contributed by atoms with E-state index in [1.807, 2.05) is 0 Å². The largest absolute Gasteiger partial charge is 0.419 e. The summed E-state index contributed by atoms with van der Waals surface area (Å²) in [5, 5.41) is 2.81. The zero-order valence-electron chi connectivity index (χ0n) is 10.1. The topological polar surface area (TPSA) is 24.9 Å². The fourth-order valence-corrected chi connectivity index (χ4v) is 2.27. The minimum atomic E-state index is -4.39. The first-order chi connectivity index (χ1) is 8.20. The van der Waals surface area contributed by atoms with E-state index >= 15 is 0 Å². The molecule has 0 radical (unpaired) electrons. The second-order valence-corrected chi connectivity index (χ2v) is 6.23. The lowest BCUT2D eigenvalue weighted by atomic mass is 10.1. The van der Waals surface area contributed by atoms with Gasteiger partial charge in [0.15, 0.2) is 0 Å². The molecule has 1 aromatic heterocycles. The van der Waals surface area contributed by atoms with Gasteiger partial charge in [-0.1, -0.05) is 13.8 Å². The van der Waals surface area contributed by atoms with E-state index in [2.05, 4.69) is 40.1 Å². The van der Waals surface area contributed by atoms with Crippen LogP contribution in [0.25, 0.3) is 0 Å². The number of aromatic nitrogens is 1. The summed E-state index contributed by atoms with van der Waals surface area (Å²) >= 11 is 3.01. The van der Waals surface area contributed by atoms with Gasteiger partial charge in [0, 0.05) is 17.2 Å². The van der Waals surface area contributed by atoms with Crippen LogP contribution >= 0.6 is 15.9 Å². The van der Waals surface area contributed by atoms with E-state index < -0.39 is 11.7 Å². The molecule has 1 atom stereocenters. The van der Waals surface area contributed by atoms with Crippen molar-refractivity contribution in [2.45, 2.75) is 26.4 Å². The number of nitrogens with one attached hydrogen (secondary N) is 1. The van der Waals surface area contributed by atoms with Crippen molar-refractivity contribution in [2.75, 3.05) is 11.9 Å². The molecule has 18 heavy (non-hydrogen) atoms. The predicted octanol–water partition coefficient (Wildman–Crippen LogP) is 4.32. The Morgan fingerprint density at radius 3 is 2.61 bits per heavy atom. The first-order valence-corrected chi connectivity index (χ1v) is 6.46. The smallest absolute Gasteiger partial charge is 0.369 e. The first kappa shape index (κ1) is 13.6. The van der Waals surface area contributed by atoms with Crippen LogP contribution < -0.4 is 5.32 Å². The van der Waals surface area contributed by atoms with Crippen LogP contribution in [0.3, 0.4) is 0 Å². The van der Waals surface area contributed by atoms with E-state index in [-0.39, 0.29) is 11.2 Å². The molecule has 2 nitrogen and oxygen atoms in total. The molecule has 1 aliphatic rings. The number of hydrogen-bond donors (Lipinski definition) is 1. The van der Waals surface area contributed by atoms with Crippen LogP contribution in [-0.2, 0) is 6.18 Å². The van der Waals surface area contributed by atoms with Gasteiger partial charge in [-0.3, -0.25) is 0 Å². The average molecular weight is 323 g/mol. The van der Waals surface area contributed by atoms with Crippen molar-refractivity contribution in [2.24, 2.45) is 11.3 Å². The fourth-order valence-electron chi connectivity index (χ4n) is 1.94. The maximum absolute atomic E-state index is 12.8. The van der Waals surface area contributed by atoms with Gasteiger partial charge in [-0.15, -0.1) is 0 Å². The van der Waals surface area contributed by atoms with Crippen LogP contribution in [-0.4, -0.2) is 11.5 Å². The van der Waals surface area contributed by atoms with Gasteiger partial charge >= 0.3 is 6.18 Å². The number of anilines is 1. The second kappa shape index (κ2) is 4.40. The van der Waals surface area contributed by atoms with E-state index in [9.17, 15) is 13.2 Å². The number of halogens is 4. The Balaban J connectivity index is 2.12. The van der Waals surface area contributed by atoms with Crippen molar-refractivity contribution < 1.29 is 13.2 Å². The third-order valence-electron chi connectivity index (χ3n) is 3.39. The summed E-state index contributed by atoms with van der Waals surface area (Å²) in [4.78, 5) is 3.81. The SMILES string of the molecule is CC1(C)CC1CNc1ncc(Br)cc1C(F)(F)F. The molecule has 2 rings (SSSR count). The van der Waals surface area contributed by atoms with E-state index in [0.29, 0.717) is 16.9 Å². The van der Waals surface area contributed by atoms with Gasteiger partial charge in [0.25, 0.3) is 0 Å². The summed E-state index contributed by atoms with van der Waals surface area (Å²) in [6.45, 7) is 4.75. The highest BCUT2D eigenvalue weighted by Crippen LogP contribution is 2.51. The van der Waals surface area contributed by atoms with E-state index in [4.69, 9.17) is 0 Å². The molecule has 1 aromatic rings. The third kappa shape index (κ3) is 2.96. The van der Waals surface area contributed by atoms with E-state index in [1.165, 1.54) is 6.20 Å². The third-order valence-corrected chi connectivity index (χ3v) is 3.83.